The van der Waals surface area contributed by atoms with Gasteiger partial charge in [0.05, 0.1) is 16.7 Å². The summed E-state index contributed by atoms with van der Waals surface area (Å²) in [6.45, 7) is 1.26. The Hall–Kier alpha value is -2.07. The quantitative estimate of drug-likeness (QED) is 0.757. The molecule has 1 aromatic heterocycles. The van der Waals surface area contributed by atoms with E-state index >= 15 is 0 Å². The molecule has 6 nitrogen and oxygen atoms in total. The normalized spacial score (nSPS) is 11.3. The van der Waals surface area contributed by atoms with Crippen LogP contribution in [0.4, 0.5) is 0 Å². The van der Waals surface area contributed by atoms with Gasteiger partial charge in [-0.25, -0.2) is 9.78 Å². The Labute approximate surface area is 108 Å². The van der Waals surface area contributed by atoms with Crippen molar-refractivity contribution in [2.24, 2.45) is 0 Å². The molecule has 0 fully saturated rings. The van der Waals surface area contributed by atoms with Crippen LogP contribution in [-0.2, 0) is 9.59 Å². The predicted octanol–water partition coefficient (Wildman–Crippen LogP) is 0.635. The van der Waals surface area contributed by atoms with E-state index < -0.39 is 17.9 Å². The van der Waals surface area contributed by atoms with E-state index in [2.05, 4.69) is 10.3 Å². The minimum Gasteiger partial charge on any atom is -0.480 e. The molecule has 18 heavy (non-hydrogen) atoms. The number of hydrogen-bond acceptors (Lipinski definition) is 5. The van der Waals surface area contributed by atoms with Gasteiger partial charge >= 0.3 is 5.97 Å². The van der Waals surface area contributed by atoms with E-state index in [0.29, 0.717) is 10.6 Å². The number of pyridine rings is 1. The van der Waals surface area contributed by atoms with Crippen LogP contribution in [0.2, 0.25) is 0 Å². The average molecular weight is 265 g/mol. The summed E-state index contributed by atoms with van der Waals surface area (Å²) in [4.78, 5) is 25.7. The Morgan fingerprint density at radius 3 is 2.94 bits per heavy atom. The van der Waals surface area contributed by atoms with Crippen LogP contribution in [0.25, 0.3) is 0 Å². The number of carbonyl (C=O) groups excluding carboxylic acids is 1. The predicted molar refractivity (Wildman–Crippen MR) is 64.9 cm³/mol. The Balaban J connectivity index is 2.64. The fraction of sp³-hybridized carbons (Fsp3) is 0.273. The molecule has 1 unspecified atom stereocenters. The molecule has 0 radical (unpaired) electrons. The van der Waals surface area contributed by atoms with Gasteiger partial charge in [-0.3, -0.25) is 4.79 Å². The van der Waals surface area contributed by atoms with Crippen molar-refractivity contribution in [1.29, 1.82) is 5.26 Å². The summed E-state index contributed by atoms with van der Waals surface area (Å²) in [6.07, 6.45) is 1.48. The second-order valence-corrected chi connectivity index (χ2v) is 4.44. The number of carboxylic acids is 1. The molecule has 0 saturated heterocycles. The molecule has 1 heterocycles. The zero-order valence-electron chi connectivity index (χ0n) is 9.58. The lowest BCUT2D eigenvalue weighted by molar-refractivity contribution is -0.140. The van der Waals surface area contributed by atoms with E-state index in [-0.39, 0.29) is 5.75 Å². The van der Waals surface area contributed by atoms with Crippen LogP contribution < -0.4 is 5.32 Å². The van der Waals surface area contributed by atoms with Crippen LogP contribution in [0, 0.1) is 11.3 Å². The van der Waals surface area contributed by atoms with E-state index in [0.717, 1.165) is 0 Å². The van der Waals surface area contributed by atoms with Gasteiger partial charge in [-0.15, -0.1) is 11.8 Å². The average Bonchev–Trinajstić information content (AvgIpc) is 2.34. The highest BCUT2D eigenvalue weighted by Gasteiger charge is 2.18. The van der Waals surface area contributed by atoms with Gasteiger partial charge in [0.2, 0.25) is 5.91 Å². The first-order chi connectivity index (χ1) is 8.52. The number of amides is 1. The number of aromatic nitrogens is 1. The summed E-state index contributed by atoms with van der Waals surface area (Å²) < 4.78 is 0. The first-order valence-electron chi connectivity index (χ1n) is 5.02. The van der Waals surface area contributed by atoms with E-state index in [1.54, 1.807) is 12.1 Å². The first-order valence-corrected chi connectivity index (χ1v) is 6.00. The zero-order valence-corrected chi connectivity index (χ0v) is 10.4. The number of nitrogens with zero attached hydrogens (tertiary/aromatic N) is 2. The molecule has 0 saturated carbocycles. The van der Waals surface area contributed by atoms with Crippen molar-refractivity contribution in [3.8, 4) is 6.07 Å². The van der Waals surface area contributed by atoms with Crippen molar-refractivity contribution in [3.63, 3.8) is 0 Å². The lowest BCUT2D eigenvalue weighted by Gasteiger charge is -2.12. The monoisotopic (exact) mass is 265 g/mol. The van der Waals surface area contributed by atoms with E-state index in [1.807, 2.05) is 6.07 Å². The molecule has 0 aliphatic rings. The van der Waals surface area contributed by atoms with E-state index in [1.165, 1.54) is 24.9 Å². The Morgan fingerprint density at radius 2 is 2.39 bits per heavy atom. The molecule has 0 aliphatic heterocycles. The Bertz CT molecular complexity index is 499. The van der Waals surface area contributed by atoms with Gasteiger partial charge in [0.1, 0.15) is 6.04 Å². The molecule has 0 aromatic carbocycles. The fourth-order valence-electron chi connectivity index (χ4n) is 1.15. The van der Waals surface area contributed by atoms with Crippen molar-refractivity contribution in [2.45, 2.75) is 18.0 Å². The summed E-state index contributed by atoms with van der Waals surface area (Å²) in [6, 6.07) is 4.13. The molecular weight excluding hydrogens is 254 g/mol. The number of thioether (sulfide) groups is 1. The van der Waals surface area contributed by atoms with Crippen molar-refractivity contribution >= 4 is 23.6 Å². The molecule has 0 aliphatic carbocycles. The second-order valence-electron chi connectivity index (χ2n) is 3.40. The maximum absolute atomic E-state index is 10.9. The third-order valence-corrected chi connectivity index (χ3v) is 2.96. The highest BCUT2D eigenvalue weighted by Crippen LogP contribution is 2.17. The largest absolute Gasteiger partial charge is 0.480 e. The van der Waals surface area contributed by atoms with Gasteiger partial charge in [-0.05, 0) is 12.1 Å². The summed E-state index contributed by atoms with van der Waals surface area (Å²) in [5, 5.41) is 20.5. The minimum absolute atomic E-state index is 0.150. The molecule has 0 spiro atoms. The maximum Gasteiger partial charge on any atom is 0.327 e. The lowest BCUT2D eigenvalue weighted by atomic mass is 10.3. The molecule has 1 amide bonds. The number of hydrogen-bond donors (Lipinski definition) is 2. The van der Waals surface area contributed by atoms with Gasteiger partial charge in [-0.1, -0.05) is 0 Å². The summed E-state index contributed by atoms with van der Waals surface area (Å²) in [5.74, 6) is -1.35. The number of carbonyl (C=O) groups is 2. The molecule has 7 heteroatoms. The van der Waals surface area contributed by atoms with Crippen molar-refractivity contribution in [3.05, 3.63) is 23.9 Å². The number of aliphatic carboxylic acids is 1. The SMILES string of the molecule is CC(=O)NC(CSc1cc(C#N)ccn1)C(=O)O. The highest BCUT2D eigenvalue weighted by molar-refractivity contribution is 7.99. The van der Waals surface area contributed by atoms with E-state index in [4.69, 9.17) is 10.4 Å². The standard InChI is InChI=1S/C11H11N3O3S/c1-7(15)14-9(11(16)17)6-18-10-4-8(5-12)2-3-13-10/h2-4,9H,6H2,1H3,(H,14,15)(H,16,17). The highest BCUT2D eigenvalue weighted by atomic mass is 32.2. The van der Waals surface area contributed by atoms with Crippen molar-refractivity contribution in [2.75, 3.05) is 5.75 Å². The van der Waals surface area contributed by atoms with Crippen LogP contribution in [0.15, 0.2) is 23.4 Å². The van der Waals surface area contributed by atoms with Crippen molar-refractivity contribution < 1.29 is 14.7 Å². The third-order valence-electron chi connectivity index (χ3n) is 1.94. The summed E-state index contributed by atoms with van der Waals surface area (Å²) >= 11 is 1.17. The van der Waals surface area contributed by atoms with Crippen LogP contribution in [0.1, 0.15) is 12.5 Å². The van der Waals surface area contributed by atoms with Crippen molar-refractivity contribution in [1.82, 2.24) is 10.3 Å². The van der Waals surface area contributed by atoms with Gasteiger partial charge in [0.25, 0.3) is 0 Å². The summed E-state index contributed by atoms with van der Waals surface area (Å²) in [5.41, 5.74) is 0.457. The molecular formula is C11H11N3O3S. The summed E-state index contributed by atoms with van der Waals surface area (Å²) in [7, 11) is 0. The van der Waals surface area contributed by atoms with Gasteiger partial charge in [0.15, 0.2) is 0 Å². The fourth-order valence-corrected chi connectivity index (χ4v) is 2.06. The third kappa shape index (κ3) is 4.43. The maximum atomic E-state index is 10.9. The van der Waals surface area contributed by atoms with Gasteiger partial charge in [0, 0.05) is 18.9 Å². The molecule has 1 atom stereocenters. The molecule has 1 aromatic rings. The molecule has 2 N–H and O–H groups in total. The van der Waals surface area contributed by atoms with Crippen LogP contribution in [0.3, 0.4) is 0 Å². The van der Waals surface area contributed by atoms with Crippen LogP contribution >= 0.6 is 11.8 Å². The second kappa shape index (κ2) is 6.61. The zero-order chi connectivity index (χ0) is 13.5. The first kappa shape index (κ1) is 14.0. The Morgan fingerprint density at radius 1 is 1.67 bits per heavy atom. The minimum atomic E-state index is -1.10. The number of nitrogens with one attached hydrogen (secondary N) is 1. The topological polar surface area (TPSA) is 103 Å². The number of carboxylic acid groups (broad SMARTS) is 1. The molecule has 0 bridgehead atoms. The number of rotatable bonds is 5. The Kier molecular flexibility index (Phi) is 5.14. The number of nitriles is 1. The lowest BCUT2D eigenvalue weighted by Crippen LogP contribution is -2.41. The molecule has 94 valence electrons. The molecule has 1 rings (SSSR count). The van der Waals surface area contributed by atoms with Crippen LogP contribution in [-0.4, -0.2) is 33.8 Å². The van der Waals surface area contributed by atoms with Gasteiger partial charge in [-0.2, -0.15) is 5.26 Å². The smallest absolute Gasteiger partial charge is 0.327 e. The van der Waals surface area contributed by atoms with E-state index in [9.17, 15) is 9.59 Å². The van der Waals surface area contributed by atoms with Gasteiger partial charge < -0.3 is 10.4 Å². The van der Waals surface area contributed by atoms with Crippen LogP contribution in [0.5, 0.6) is 0 Å².